The molecule has 0 saturated heterocycles. The predicted octanol–water partition coefficient (Wildman–Crippen LogP) is 3.50. The van der Waals surface area contributed by atoms with Gasteiger partial charge in [0.05, 0.1) is 0 Å². The topological polar surface area (TPSA) is 12.0 Å². The van der Waals surface area contributed by atoms with Crippen molar-refractivity contribution in [3.8, 4) is 0 Å². The van der Waals surface area contributed by atoms with E-state index < -0.39 is 0 Å². The fraction of sp³-hybridized carbons (Fsp3) is 0.667. The number of aryl methyl sites for hydroxylation is 2. The van der Waals surface area contributed by atoms with Crippen LogP contribution < -0.4 is 5.32 Å². The molecule has 0 aliphatic heterocycles. The maximum atomic E-state index is 3.56. The molecule has 1 heterocycles. The van der Waals surface area contributed by atoms with E-state index in [1.165, 1.54) is 15.3 Å². The molecule has 2 heteroatoms. The number of rotatable bonds is 4. The van der Waals surface area contributed by atoms with Crippen molar-refractivity contribution < 1.29 is 0 Å². The first-order valence-electron chi connectivity index (χ1n) is 5.30. The highest BCUT2D eigenvalue weighted by atomic mass is 32.1. The third kappa shape index (κ3) is 3.10. The van der Waals surface area contributed by atoms with E-state index in [0.717, 1.165) is 6.54 Å². The second-order valence-corrected chi connectivity index (χ2v) is 5.81. The van der Waals surface area contributed by atoms with Crippen LogP contribution in [0, 0.1) is 19.8 Å². The third-order valence-electron chi connectivity index (χ3n) is 2.76. The van der Waals surface area contributed by atoms with Gasteiger partial charge in [0.25, 0.3) is 0 Å². The van der Waals surface area contributed by atoms with Gasteiger partial charge in [-0.25, -0.2) is 0 Å². The third-order valence-corrected chi connectivity index (χ3v) is 3.77. The maximum Gasteiger partial charge on any atom is 0.0219 e. The molecule has 0 amide bonds. The van der Waals surface area contributed by atoms with Crippen molar-refractivity contribution >= 4 is 11.3 Å². The lowest BCUT2D eigenvalue weighted by Crippen LogP contribution is -2.30. The zero-order valence-electron chi connectivity index (χ0n) is 9.85. The minimum Gasteiger partial charge on any atom is -0.310 e. The number of hydrogen-bond acceptors (Lipinski definition) is 2. The summed E-state index contributed by atoms with van der Waals surface area (Å²) in [4.78, 5) is 2.86. The van der Waals surface area contributed by atoms with Gasteiger partial charge in [0, 0.05) is 22.3 Å². The zero-order valence-corrected chi connectivity index (χ0v) is 10.7. The molecule has 0 saturated carbocycles. The highest BCUT2D eigenvalue weighted by molar-refractivity contribution is 7.12. The standard InChI is InChI=1S/C12H21NS/c1-8(2)10(4)13-7-12-6-9(3)14-11(12)5/h6,8,10,13H,7H2,1-5H3. The molecule has 80 valence electrons. The Morgan fingerprint density at radius 3 is 2.36 bits per heavy atom. The van der Waals surface area contributed by atoms with E-state index in [0.29, 0.717) is 12.0 Å². The number of nitrogens with one attached hydrogen (secondary N) is 1. The Labute approximate surface area is 91.5 Å². The van der Waals surface area contributed by atoms with Crippen LogP contribution in [0.4, 0.5) is 0 Å². The minimum atomic E-state index is 0.592. The Bertz CT molecular complexity index is 289. The van der Waals surface area contributed by atoms with Gasteiger partial charge in [-0.05, 0) is 38.3 Å². The minimum absolute atomic E-state index is 0.592. The van der Waals surface area contributed by atoms with Gasteiger partial charge in [0.15, 0.2) is 0 Å². The van der Waals surface area contributed by atoms with Crippen LogP contribution in [0.3, 0.4) is 0 Å². The second kappa shape index (κ2) is 4.94. The van der Waals surface area contributed by atoms with Crippen molar-refractivity contribution in [3.63, 3.8) is 0 Å². The van der Waals surface area contributed by atoms with Crippen LogP contribution in [-0.2, 0) is 6.54 Å². The van der Waals surface area contributed by atoms with Gasteiger partial charge >= 0.3 is 0 Å². The maximum absolute atomic E-state index is 3.56. The molecule has 0 aliphatic rings. The highest BCUT2D eigenvalue weighted by Gasteiger charge is 2.07. The van der Waals surface area contributed by atoms with E-state index in [4.69, 9.17) is 0 Å². The molecule has 1 atom stereocenters. The smallest absolute Gasteiger partial charge is 0.0219 e. The van der Waals surface area contributed by atoms with E-state index >= 15 is 0 Å². The van der Waals surface area contributed by atoms with Crippen molar-refractivity contribution in [1.29, 1.82) is 0 Å². The molecule has 1 aromatic heterocycles. The van der Waals surface area contributed by atoms with Crippen LogP contribution in [0.2, 0.25) is 0 Å². The average molecular weight is 211 g/mol. The zero-order chi connectivity index (χ0) is 10.7. The molecule has 1 rings (SSSR count). The molecule has 0 aliphatic carbocycles. The van der Waals surface area contributed by atoms with Gasteiger partial charge in [-0.1, -0.05) is 13.8 Å². The largest absolute Gasteiger partial charge is 0.310 e. The Kier molecular flexibility index (Phi) is 4.14. The summed E-state index contributed by atoms with van der Waals surface area (Å²) in [5.41, 5.74) is 1.46. The van der Waals surface area contributed by atoms with Gasteiger partial charge in [0.1, 0.15) is 0 Å². The quantitative estimate of drug-likeness (QED) is 0.804. The molecule has 0 bridgehead atoms. The molecule has 1 aromatic rings. The molecule has 14 heavy (non-hydrogen) atoms. The summed E-state index contributed by atoms with van der Waals surface area (Å²) in [6.07, 6.45) is 0. The molecule has 1 nitrogen and oxygen atoms in total. The fourth-order valence-corrected chi connectivity index (χ4v) is 2.31. The summed E-state index contributed by atoms with van der Waals surface area (Å²) in [6.45, 7) is 12.1. The first kappa shape index (κ1) is 11.7. The molecular weight excluding hydrogens is 190 g/mol. The lowest BCUT2D eigenvalue weighted by molar-refractivity contribution is 0.426. The SMILES string of the molecule is Cc1cc(CNC(C)C(C)C)c(C)s1. The van der Waals surface area contributed by atoms with Gasteiger partial charge < -0.3 is 5.32 Å². The number of thiophene rings is 1. The summed E-state index contributed by atoms with van der Waals surface area (Å²) in [5, 5.41) is 3.56. The van der Waals surface area contributed by atoms with Crippen molar-refractivity contribution in [2.24, 2.45) is 5.92 Å². The second-order valence-electron chi connectivity index (χ2n) is 4.35. The first-order valence-corrected chi connectivity index (χ1v) is 6.11. The Balaban J connectivity index is 2.49. The van der Waals surface area contributed by atoms with E-state index in [1.54, 1.807) is 0 Å². The molecule has 0 radical (unpaired) electrons. The lowest BCUT2D eigenvalue weighted by Gasteiger charge is -2.17. The summed E-state index contributed by atoms with van der Waals surface area (Å²) in [7, 11) is 0. The average Bonchev–Trinajstić information content (AvgIpc) is 2.40. The molecule has 0 aromatic carbocycles. The van der Waals surface area contributed by atoms with Crippen LogP contribution in [0.5, 0.6) is 0 Å². The summed E-state index contributed by atoms with van der Waals surface area (Å²) in [5.74, 6) is 0.704. The van der Waals surface area contributed by atoms with Crippen LogP contribution in [-0.4, -0.2) is 6.04 Å². The van der Waals surface area contributed by atoms with Crippen LogP contribution in [0.25, 0.3) is 0 Å². The fourth-order valence-electron chi connectivity index (χ4n) is 1.37. The van der Waals surface area contributed by atoms with Gasteiger partial charge in [-0.3, -0.25) is 0 Å². The van der Waals surface area contributed by atoms with Gasteiger partial charge in [-0.15, -0.1) is 11.3 Å². The van der Waals surface area contributed by atoms with Crippen LogP contribution in [0.1, 0.15) is 36.1 Å². The van der Waals surface area contributed by atoms with Crippen molar-refractivity contribution in [2.45, 2.75) is 47.2 Å². The van der Waals surface area contributed by atoms with Crippen molar-refractivity contribution in [2.75, 3.05) is 0 Å². The van der Waals surface area contributed by atoms with Gasteiger partial charge in [0.2, 0.25) is 0 Å². The number of hydrogen-bond donors (Lipinski definition) is 1. The van der Waals surface area contributed by atoms with E-state index in [2.05, 4.69) is 46.0 Å². The summed E-state index contributed by atoms with van der Waals surface area (Å²) >= 11 is 1.89. The predicted molar refractivity (Wildman–Crippen MR) is 64.9 cm³/mol. The summed E-state index contributed by atoms with van der Waals surface area (Å²) in [6, 6.07) is 2.88. The normalized spacial score (nSPS) is 13.6. The van der Waals surface area contributed by atoms with E-state index in [9.17, 15) is 0 Å². The molecular formula is C12H21NS. The monoisotopic (exact) mass is 211 g/mol. The van der Waals surface area contributed by atoms with Crippen LogP contribution in [0.15, 0.2) is 6.07 Å². The summed E-state index contributed by atoms with van der Waals surface area (Å²) < 4.78 is 0. The molecule has 1 unspecified atom stereocenters. The lowest BCUT2D eigenvalue weighted by atomic mass is 10.1. The Morgan fingerprint density at radius 2 is 1.93 bits per heavy atom. The highest BCUT2D eigenvalue weighted by Crippen LogP contribution is 2.20. The molecule has 0 fully saturated rings. The molecule has 1 N–H and O–H groups in total. The van der Waals surface area contributed by atoms with E-state index in [1.807, 2.05) is 11.3 Å². The van der Waals surface area contributed by atoms with E-state index in [-0.39, 0.29) is 0 Å². The first-order chi connectivity index (χ1) is 6.50. The van der Waals surface area contributed by atoms with Crippen molar-refractivity contribution in [1.82, 2.24) is 5.32 Å². The Morgan fingerprint density at radius 1 is 1.29 bits per heavy atom. The van der Waals surface area contributed by atoms with Crippen molar-refractivity contribution in [3.05, 3.63) is 21.4 Å². The van der Waals surface area contributed by atoms with Gasteiger partial charge in [-0.2, -0.15) is 0 Å². The van der Waals surface area contributed by atoms with Crippen LogP contribution >= 0.6 is 11.3 Å². The Hall–Kier alpha value is -0.340. The molecule has 0 spiro atoms.